The minimum Gasteiger partial charge on any atom is -0.374 e. The Morgan fingerprint density at radius 2 is 2.33 bits per heavy atom. The molecule has 2 nitrogen and oxygen atoms in total. The molecule has 0 spiro atoms. The van der Waals surface area contributed by atoms with E-state index in [1.165, 1.54) is 11.3 Å². The van der Waals surface area contributed by atoms with Crippen molar-refractivity contribution in [3.63, 3.8) is 0 Å². The molecule has 0 saturated heterocycles. The molecule has 0 aliphatic carbocycles. The molecular weight excluding hydrogens is 252 g/mol. The Labute approximate surface area is 99.6 Å². The Bertz CT molecular complexity index is 363. The predicted octanol–water partition coefficient (Wildman–Crippen LogP) is 2.72. The van der Waals surface area contributed by atoms with Crippen LogP contribution in [0.4, 0.5) is 5.69 Å². The van der Waals surface area contributed by atoms with Crippen molar-refractivity contribution in [1.29, 1.82) is 0 Å². The van der Waals surface area contributed by atoms with Gasteiger partial charge in [0.25, 0.3) is 0 Å². The van der Waals surface area contributed by atoms with E-state index in [-0.39, 0.29) is 6.04 Å². The van der Waals surface area contributed by atoms with Gasteiger partial charge in [0, 0.05) is 35.7 Å². The van der Waals surface area contributed by atoms with Gasteiger partial charge < -0.3 is 10.6 Å². The number of halogens is 1. The van der Waals surface area contributed by atoms with E-state index in [9.17, 15) is 0 Å². The first-order chi connectivity index (χ1) is 7.08. The van der Waals surface area contributed by atoms with Crippen molar-refractivity contribution in [2.24, 2.45) is 5.73 Å². The molecule has 1 aliphatic rings. The highest BCUT2D eigenvalue weighted by molar-refractivity contribution is 9.10. The topological polar surface area (TPSA) is 29.3 Å². The molecule has 1 aromatic carbocycles. The third-order valence-electron chi connectivity index (χ3n) is 2.99. The van der Waals surface area contributed by atoms with Crippen molar-refractivity contribution >= 4 is 21.6 Å². The number of fused-ring (bicyclic) bond motifs is 1. The van der Waals surface area contributed by atoms with Crippen molar-refractivity contribution in [3.05, 3.63) is 28.2 Å². The fraction of sp³-hybridized carbons (Fsp3) is 0.500. The molecule has 3 heteroatoms. The molecule has 0 saturated carbocycles. The first-order valence-corrected chi connectivity index (χ1v) is 6.13. The van der Waals surface area contributed by atoms with Crippen LogP contribution in [0.1, 0.15) is 24.8 Å². The van der Waals surface area contributed by atoms with Crippen LogP contribution in [0, 0.1) is 0 Å². The summed E-state index contributed by atoms with van der Waals surface area (Å²) in [5.74, 6) is 0.595. The SMILES string of the molecule is CC(N)CC1CN(C)c2cc(Br)ccc21. The van der Waals surface area contributed by atoms with E-state index in [1.807, 2.05) is 0 Å². The number of anilines is 1. The average Bonchev–Trinajstić information content (AvgIpc) is 2.42. The molecule has 2 atom stereocenters. The summed E-state index contributed by atoms with van der Waals surface area (Å²) in [4.78, 5) is 2.31. The van der Waals surface area contributed by atoms with E-state index >= 15 is 0 Å². The summed E-state index contributed by atoms with van der Waals surface area (Å²) >= 11 is 3.51. The van der Waals surface area contributed by atoms with Gasteiger partial charge in [-0.2, -0.15) is 0 Å². The number of benzene rings is 1. The van der Waals surface area contributed by atoms with E-state index in [0.29, 0.717) is 5.92 Å². The fourth-order valence-corrected chi connectivity index (χ4v) is 2.72. The first kappa shape index (κ1) is 11.0. The molecule has 0 aromatic heterocycles. The van der Waals surface area contributed by atoms with Gasteiger partial charge in [0.2, 0.25) is 0 Å². The van der Waals surface area contributed by atoms with Gasteiger partial charge in [-0.3, -0.25) is 0 Å². The van der Waals surface area contributed by atoms with E-state index in [1.54, 1.807) is 0 Å². The predicted molar refractivity (Wildman–Crippen MR) is 68.4 cm³/mol. The largest absolute Gasteiger partial charge is 0.374 e. The highest BCUT2D eigenvalue weighted by atomic mass is 79.9. The summed E-state index contributed by atoms with van der Waals surface area (Å²) < 4.78 is 1.15. The molecule has 15 heavy (non-hydrogen) atoms. The Kier molecular flexibility index (Phi) is 3.03. The summed E-state index contributed by atoms with van der Waals surface area (Å²) in [6.07, 6.45) is 1.07. The zero-order chi connectivity index (χ0) is 11.0. The minimum absolute atomic E-state index is 0.276. The van der Waals surface area contributed by atoms with Crippen LogP contribution >= 0.6 is 15.9 Å². The van der Waals surface area contributed by atoms with E-state index in [4.69, 9.17) is 5.73 Å². The van der Waals surface area contributed by atoms with Gasteiger partial charge >= 0.3 is 0 Å². The van der Waals surface area contributed by atoms with Gasteiger partial charge in [-0.15, -0.1) is 0 Å². The van der Waals surface area contributed by atoms with Crippen LogP contribution in [0.3, 0.4) is 0 Å². The van der Waals surface area contributed by atoms with Crippen LogP contribution in [-0.4, -0.2) is 19.6 Å². The average molecular weight is 269 g/mol. The Hall–Kier alpha value is -0.540. The van der Waals surface area contributed by atoms with Gasteiger partial charge in [-0.25, -0.2) is 0 Å². The highest BCUT2D eigenvalue weighted by Gasteiger charge is 2.26. The van der Waals surface area contributed by atoms with Gasteiger partial charge in [0.05, 0.1) is 0 Å². The van der Waals surface area contributed by atoms with E-state index < -0.39 is 0 Å². The Balaban J connectivity index is 2.30. The van der Waals surface area contributed by atoms with Crippen LogP contribution < -0.4 is 10.6 Å². The second-order valence-electron chi connectivity index (χ2n) is 4.49. The van der Waals surface area contributed by atoms with Gasteiger partial charge in [0.15, 0.2) is 0 Å². The maximum Gasteiger partial charge on any atom is 0.0411 e. The molecule has 1 heterocycles. The third kappa shape index (κ3) is 2.18. The molecule has 1 aromatic rings. The number of hydrogen-bond donors (Lipinski definition) is 1. The lowest BCUT2D eigenvalue weighted by Crippen LogP contribution is -2.22. The molecular formula is C12H17BrN2. The molecule has 0 bridgehead atoms. The zero-order valence-corrected chi connectivity index (χ0v) is 10.8. The lowest BCUT2D eigenvalue weighted by atomic mass is 9.95. The van der Waals surface area contributed by atoms with Crippen LogP contribution in [0.15, 0.2) is 22.7 Å². The molecule has 2 N–H and O–H groups in total. The molecule has 1 aliphatic heterocycles. The molecule has 82 valence electrons. The quantitative estimate of drug-likeness (QED) is 0.894. The number of likely N-dealkylation sites (N-methyl/N-ethyl adjacent to an activating group) is 1. The fourth-order valence-electron chi connectivity index (χ4n) is 2.37. The zero-order valence-electron chi connectivity index (χ0n) is 9.20. The van der Waals surface area contributed by atoms with Crippen LogP contribution in [0.5, 0.6) is 0 Å². The summed E-state index contributed by atoms with van der Waals surface area (Å²) in [6, 6.07) is 6.80. The van der Waals surface area contributed by atoms with Gasteiger partial charge in [0.1, 0.15) is 0 Å². The first-order valence-electron chi connectivity index (χ1n) is 5.34. The summed E-state index contributed by atoms with van der Waals surface area (Å²) in [5, 5.41) is 0. The molecule has 0 fully saturated rings. The van der Waals surface area contributed by atoms with Crippen LogP contribution in [0.25, 0.3) is 0 Å². The lowest BCUT2D eigenvalue weighted by molar-refractivity contribution is 0.572. The maximum absolute atomic E-state index is 5.88. The van der Waals surface area contributed by atoms with Crippen molar-refractivity contribution in [1.82, 2.24) is 0 Å². The van der Waals surface area contributed by atoms with Crippen LogP contribution in [-0.2, 0) is 0 Å². The second-order valence-corrected chi connectivity index (χ2v) is 5.41. The van der Waals surface area contributed by atoms with E-state index in [2.05, 4.69) is 53.0 Å². The molecule has 2 rings (SSSR count). The number of rotatable bonds is 2. The Morgan fingerprint density at radius 1 is 1.60 bits per heavy atom. The van der Waals surface area contributed by atoms with Gasteiger partial charge in [-0.1, -0.05) is 22.0 Å². The summed E-state index contributed by atoms with van der Waals surface area (Å²) in [5.41, 5.74) is 8.66. The Morgan fingerprint density at radius 3 is 3.00 bits per heavy atom. The summed E-state index contributed by atoms with van der Waals surface area (Å²) in [6.45, 7) is 3.17. The van der Waals surface area contributed by atoms with Crippen molar-refractivity contribution in [3.8, 4) is 0 Å². The molecule has 0 amide bonds. The highest BCUT2D eigenvalue weighted by Crippen LogP contribution is 2.38. The number of nitrogens with zero attached hydrogens (tertiary/aromatic N) is 1. The monoisotopic (exact) mass is 268 g/mol. The summed E-state index contributed by atoms with van der Waals surface area (Å²) in [7, 11) is 2.15. The van der Waals surface area contributed by atoms with Crippen molar-refractivity contribution < 1.29 is 0 Å². The van der Waals surface area contributed by atoms with Crippen LogP contribution in [0.2, 0.25) is 0 Å². The molecule has 0 radical (unpaired) electrons. The van der Waals surface area contributed by atoms with Crippen molar-refractivity contribution in [2.45, 2.75) is 25.3 Å². The van der Waals surface area contributed by atoms with Crippen molar-refractivity contribution in [2.75, 3.05) is 18.5 Å². The minimum atomic E-state index is 0.276. The maximum atomic E-state index is 5.88. The number of hydrogen-bond acceptors (Lipinski definition) is 2. The third-order valence-corrected chi connectivity index (χ3v) is 3.49. The smallest absolute Gasteiger partial charge is 0.0411 e. The normalized spacial score (nSPS) is 21.6. The van der Waals surface area contributed by atoms with Gasteiger partial charge in [-0.05, 0) is 31.0 Å². The number of nitrogens with two attached hydrogens (primary N) is 1. The molecule has 2 unspecified atom stereocenters. The second kappa shape index (κ2) is 4.14. The lowest BCUT2D eigenvalue weighted by Gasteiger charge is -2.14. The van der Waals surface area contributed by atoms with E-state index in [0.717, 1.165) is 17.4 Å². The standard InChI is InChI=1S/C12H17BrN2/c1-8(14)5-9-7-15(2)12-6-10(13)3-4-11(9)12/h3-4,6,8-9H,5,7,14H2,1-2H3.